The first-order valence-electron chi connectivity index (χ1n) is 11.4. The summed E-state index contributed by atoms with van der Waals surface area (Å²) in [5, 5.41) is 9.82. The minimum Gasteiger partial charge on any atom is -0.492 e. The Morgan fingerprint density at radius 1 is 1.29 bits per heavy atom. The van der Waals surface area contributed by atoms with Crippen molar-refractivity contribution in [2.45, 2.75) is 37.0 Å². The summed E-state index contributed by atoms with van der Waals surface area (Å²) < 4.78 is 63.5. The quantitative estimate of drug-likeness (QED) is 0.610. The number of rotatable bonds is 7. The van der Waals surface area contributed by atoms with Crippen LogP contribution in [0, 0.1) is 23.5 Å². The predicted molar refractivity (Wildman–Crippen MR) is 121 cm³/mol. The van der Waals surface area contributed by atoms with E-state index in [4.69, 9.17) is 4.74 Å². The van der Waals surface area contributed by atoms with Gasteiger partial charge in [0.25, 0.3) is 10.0 Å². The number of likely N-dealkylation sites (tertiary alicyclic amines) is 1. The van der Waals surface area contributed by atoms with E-state index in [1.54, 1.807) is 0 Å². The number of carbonyl (C=O) groups is 1. The molecule has 34 heavy (non-hydrogen) atoms. The number of carboxylic acid groups (broad SMARTS) is 1. The standard InChI is InChI=1S/C24H26F2N2O5S/c1-2-28-6-5-13(11-28)7-14-8-16(25)3-4-20(14)34(31,32)27-19-10-18(26)21-17-9-15(17)12-33-23(21)22(19)24(29)30/h3-4,8,10,13,15,17,27H,2,5-7,9,11-12H2,1H3,(H,29,30). The van der Waals surface area contributed by atoms with Crippen molar-refractivity contribution in [2.24, 2.45) is 11.8 Å². The Morgan fingerprint density at radius 3 is 2.79 bits per heavy atom. The van der Waals surface area contributed by atoms with Gasteiger partial charge in [0.05, 0.1) is 17.2 Å². The van der Waals surface area contributed by atoms with Gasteiger partial charge < -0.3 is 14.7 Å². The maximum Gasteiger partial charge on any atom is 0.341 e. The van der Waals surface area contributed by atoms with Crippen molar-refractivity contribution < 1.29 is 31.8 Å². The molecule has 0 amide bonds. The van der Waals surface area contributed by atoms with E-state index in [1.165, 1.54) is 12.1 Å². The number of ether oxygens (including phenoxy) is 1. The third-order valence-electron chi connectivity index (χ3n) is 7.10. The van der Waals surface area contributed by atoms with Crippen molar-refractivity contribution in [3.63, 3.8) is 0 Å². The van der Waals surface area contributed by atoms with Crippen LogP contribution in [-0.2, 0) is 16.4 Å². The Labute approximate surface area is 196 Å². The number of fused-ring (bicyclic) bond motifs is 3. The normalized spacial score (nSPS) is 23.7. The van der Waals surface area contributed by atoms with Gasteiger partial charge in [0.1, 0.15) is 22.9 Å². The third-order valence-corrected chi connectivity index (χ3v) is 8.57. The molecule has 2 N–H and O–H groups in total. The van der Waals surface area contributed by atoms with Crippen molar-refractivity contribution >= 4 is 21.7 Å². The molecule has 2 heterocycles. The highest BCUT2D eigenvalue weighted by Crippen LogP contribution is 2.56. The lowest BCUT2D eigenvalue weighted by atomic mass is 9.98. The average Bonchev–Trinajstić information content (AvgIpc) is 3.42. The molecule has 2 aromatic rings. The number of nitrogens with one attached hydrogen (secondary N) is 1. The summed E-state index contributed by atoms with van der Waals surface area (Å²) in [7, 11) is -4.34. The Morgan fingerprint density at radius 2 is 2.09 bits per heavy atom. The van der Waals surface area contributed by atoms with E-state index in [-0.39, 0.29) is 40.6 Å². The fourth-order valence-corrected chi connectivity index (χ4v) is 6.55. The largest absolute Gasteiger partial charge is 0.492 e. The van der Waals surface area contributed by atoms with Crippen LogP contribution in [-0.4, -0.2) is 50.6 Å². The van der Waals surface area contributed by atoms with Crippen LogP contribution in [0.25, 0.3) is 0 Å². The van der Waals surface area contributed by atoms with Crippen LogP contribution in [0.5, 0.6) is 5.75 Å². The fourth-order valence-electron chi connectivity index (χ4n) is 5.25. The molecule has 1 saturated carbocycles. The van der Waals surface area contributed by atoms with Crippen molar-refractivity contribution in [3.8, 4) is 5.75 Å². The van der Waals surface area contributed by atoms with Crippen LogP contribution in [0.4, 0.5) is 14.5 Å². The molecule has 10 heteroatoms. The molecule has 1 saturated heterocycles. The second kappa shape index (κ2) is 8.49. The number of halogens is 2. The molecule has 2 aromatic carbocycles. The van der Waals surface area contributed by atoms with Gasteiger partial charge in [-0.2, -0.15) is 0 Å². The number of hydrogen-bond acceptors (Lipinski definition) is 5. The lowest BCUT2D eigenvalue weighted by Gasteiger charge is -2.22. The minimum atomic E-state index is -4.34. The van der Waals surface area contributed by atoms with Crippen LogP contribution in [0.1, 0.15) is 47.2 Å². The summed E-state index contributed by atoms with van der Waals surface area (Å²) >= 11 is 0. The van der Waals surface area contributed by atoms with Crippen LogP contribution >= 0.6 is 0 Å². The summed E-state index contributed by atoms with van der Waals surface area (Å²) in [4.78, 5) is 14.2. The van der Waals surface area contributed by atoms with E-state index in [1.807, 2.05) is 0 Å². The smallest absolute Gasteiger partial charge is 0.341 e. The number of aromatic carboxylic acids is 1. The van der Waals surface area contributed by atoms with Gasteiger partial charge in [-0.1, -0.05) is 6.92 Å². The SMILES string of the molecule is CCN1CCC(Cc2cc(F)ccc2S(=O)(=O)Nc2cc(F)c3c(c2C(=O)O)OCC2CC32)C1. The van der Waals surface area contributed by atoms with E-state index < -0.39 is 38.9 Å². The first kappa shape index (κ1) is 23.0. The molecule has 5 rings (SSSR count). The van der Waals surface area contributed by atoms with Gasteiger partial charge in [-0.3, -0.25) is 4.72 Å². The van der Waals surface area contributed by atoms with Gasteiger partial charge in [-0.15, -0.1) is 0 Å². The summed E-state index contributed by atoms with van der Waals surface area (Å²) in [6, 6.07) is 4.32. The maximum atomic E-state index is 14.9. The molecular weight excluding hydrogens is 466 g/mol. The zero-order valence-corrected chi connectivity index (χ0v) is 19.5. The van der Waals surface area contributed by atoms with E-state index in [9.17, 15) is 27.1 Å². The van der Waals surface area contributed by atoms with Crippen molar-refractivity contribution in [3.05, 3.63) is 52.6 Å². The van der Waals surface area contributed by atoms with Gasteiger partial charge in [-0.25, -0.2) is 22.0 Å². The second-order valence-electron chi connectivity index (χ2n) is 9.35. The van der Waals surface area contributed by atoms with Gasteiger partial charge in [0.2, 0.25) is 0 Å². The lowest BCUT2D eigenvalue weighted by molar-refractivity contribution is 0.0692. The number of benzene rings is 2. The van der Waals surface area contributed by atoms with E-state index in [0.717, 1.165) is 38.2 Å². The molecule has 2 fully saturated rings. The number of carboxylic acids is 1. The monoisotopic (exact) mass is 492 g/mol. The van der Waals surface area contributed by atoms with Gasteiger partial charge in [0.15, 0.2) is 0 Å². The topological polar surface area (TPSA) is 95.9 Å². The van der Waals surface area contributed by atoms with Crippen molar-refractivity contribution in [1.29, 1.82) is 0 Å². The van der Waals surface area contributed by atoms with E-state index in [0.29, 0.717) is 18.4 Å². The molecule has 0 radical (unpaired) electrons. The fraction of sp³-hybridized carbons (Fsp3) is 0.458. The highest BCUT2D eigenvalue weighted by molar-refractivity contribution is 7.92. The second-order valence-corrected chi connectivity index (χ2v) is 11.0. The Balaban J connectivity index is 1.50. The minimum absolute atomic E-state index is 0.106. The zero-order chi connectivity index (χ0) is 24.2. The highest BCUT2D eigenvalue weighted by atomic mass is 32.2. The molecule has 0 aromatic heterocycles. The molecule has 3 atom stereocenters. The van der Waals surface area contributed by atoms with Crippen LogP contribution in [0.3, 0.4) is 0 Å². The molecule has 0 bridgehead atoms. The molecule has 0 spiro atoms. The summed E-state index contributed by atoms with van der Waals surface area (Å²) in [5.41, 5.74) is -0.317. The molecule has 3 aliphatic rings. The zero-order valence-electron chi connectivity index (χ0n) is 18.7. The number of sulfonamides is 1. The first-order valence-corrected chi connectivity index (χ1v) is 12.9. The summed E-state index contributed by atoms with van der Waals surface area (Å²) in [5.74, 6) is -2.57. The average molecular weight is 493 g/mol. The Bertz CT molecular complexity index is 1270. The highest BCUT2D eigenvalue weighted by Gasteiger charge is 2.47. The lowest BCUT2D eigenvalue weighted by Crippen LogP contribution is -2.22. The van der Waals surface area contributed by atoms with Crippen LogP contribution in [0.15, 0.2) is 29.2 Å². The molecule has 1 aliphatic carbocycles. The molecular formula is C24H26F2N2O5S. The van der Waals surface area contributed by atoms with Crippen LogP contribution in [0.2, 0.25) is 0 Å². The number of anilines is 1. The summed E-state index contributed by atoms with van der Waals surface area (Å²) in [6.07, 6.45) is 1.95. The first-order chi connectivity index (χ1) is 16.2. The number of hydrogen-bond donors (Lipinski definition) is 2. The molecule has 2 aliphatic heterocycles. The Kier molecular flexibility index (Phi) is 5.76. The van der Waals surface area contributed by atoms with Crippen LogP contribution < -0.4 is 9.46 Å². The van der Waals surface area contributed by atoms with Gasteiger partial charge in [-0.05, 0) is 74.0 Å². The van der Waals surface area contributed by atoms with Gasteiger partial charge in [0, 0.05) is 18.0 Å². The Hall–Kier alpha value is -2.72. The molecule has 3 unspecified atom stereocenters. The predicted octanol–water partition coefficient (Wildman–Crippen LogP) is 3.84. The van der Waals surface area contributed by atoms with Crippen molar-refractivity contribution in [1.82, 2.24) is 4.90 Å². The molecule has 7 nitrogen and oxygen atoms in total. The third kappa shape index (κ3) is 4.13. The van der Waals surface area contributed by atoms with Gasteiger partial charge >= 0.3 is 5.97 Å². The van der Waals surface area contributed by atoms with E-state index in [2.05, 4.69) is 16.5 Å². The maximum absolute atomic E-state index is 14.9. The van der Waals surface area contributed by atoms with E-state index >= 15 is 0 Å². The van der Waals surface area contributed by atoms with Crippen molar-refractivity contribution in [2.75, 3.05) is 31.0 Å². The number of nitrogens with zero attached hydrogens (tertiary/aromatic N) is 1. The molecule has 182 valence electrons. The summed E-state index contributed by atoms with van der Waals surface area (Å²) in [6.45, 7) is 4.90.